The van der Waals surface area contributed by atoms with E-state index in [-0.39, 0.29) is 5.91 Å². The minimum Gasteiger partial charge on any atom is -0.290 e. The van der Waals surface area contributed by atoms with Crippen LogP contribution in [0.1, 0.15) is 12.0 Å². The molecule has 0 radical (unpaired) electrons. The second-order valence-corrected chi connectivity index (χ2v) is 7.21. The molecular formula is C18H16BrN3OS. The maximum atomic E-state index is 12.4. The molecule has 0 atom stereocenters. The average Bonchev–Trinajstić information content (AvgIpc) is 3.10. The third-order valence-electron chi connectivity index (χ3n) is 3.64. The van der Waals surface area contributed by atoms with Crippen molar-refractivity contribution >= 4 is 38.3 Å². The number of carbonyl (C=O) groups is 1. The van der Waals surface area contributed by atoms with Crippen LogP contribution in [0, 0.1) is 0 Å². The van der Waals surface area contributed by atoms with Gasteiger partial charge in [-0.05, 0) is 24.1 Å². The number of hydrogen-bond donors (Lipinski definition) is 0. The number of nitrogens with zero attached hydrogens (tertiary/aromatic N) is 3. The van der Waals surface area contributed by atoms with Gasteiger partial charge in [-0.3, -0.25) is 9.69 Å². The van der Waals surface area contributed by atoms with Crippen molar-refractivity contribution in [1.29, 1.82) is 0 Å². The number of anilines is 1. The van der Waals surface area contributed by atoms with E-state index in [1.54, 1.807) is 11.9 Å². The highest BCUT2D eigenvalue weighted by molar-refractivity contribution is 9.10. The molecule has 0 saturated carbocycles. The van der Waals surface area contributed by atoms with E-state index in [0.717, 1.165) is 27.0 Å². The van der Waals surface area contributed by atoms with Crippen LogP contribution in [-0.4, -0.2) is 23.2 Å². The highest BCUT2D eigenvalue weighted by atomic mass is 79.9. The van der Waals surface area contributed by atoms with Gasteiger partial charge in [0, 0.05) is 23.5 Å². The Balaban J connectivity index is 1.65. The molecule has 0 saturated heterocycles. The number of hydrogen-bond acceptors (Lipinski definition) is 4. The fraction of sp³-hybridized carbons (Fsp3) is 0.167. The summed E-state index contributed by atoms with van der Waals surface area (Å²) in [4.78, 5) is 14.0. The fourth-order valence-electron chi connectivity index (χ4n) is 2.23. The fourth-order valence-corrected chi connectivity index (χ4v) is 3.32. The molecule has 6 heteroatoms. The van der Waals surface area contributed by atoms with E-state index in [9.17, 15) is 4.79 Å². The normalized spacial score (nSPS) is 10.6. The summed E-state index contributed by atoms with van der Waals surface area (Å²) in [5.41, 5.74) is 2.15. The zero-order valence-electron chi connectivity index (χ0n) is 13.1. The summed E-state index contributed by atoms with van der Waals surface area (Å²) >= 11 is 4.83. The first kappa shape index (κ1) is 16.8. The summed E-state index contributed by atoms with van der Waals surface area (Å²) in [7, 11) is 1.75. The Kier molecular flexibility index (Phi) is 5.37. The van der Waals surface area contributed by atoms with Crippen molar-refractivity contribution in [2.45, 2.75) is 12.8 Å². The highest BCUT2D eigenvalue weighted by Gasteiger charge is 2.16. The van der Waals surface area contributed by atoms with Crippen molar-refractivity contribution in [2.75, 3.05) is 11.9 Å². The number of halogens is 1. The molecule has 1 heterocycles. The molecule has 3 rings (SSSR count). The first-order valence-corrected chi connectivity index (χ1v) is 9.14. The number of carbonyl (C=O) groups excluding carboxylic acids is 1. The van der Waals surface area contributed by atoms with E-state index < -0.39 is 0 Å². The van der Waals surface area contributed by atoms with Gasteiger partial charge in [0.15, 0.2) is 0 Å². The average molecular weight is 402 g/mol. The zero-order valence-corrected chi connectivity index (χ0v) is 15.5. The molecule has 122 valence electrons. The first-order valence-electron chi connectivity index (χ1n) is 7.53. The van der Waals surface area contributed by atoms with Crippen molar-refractivity contribution in [3.8, 4) is 10.6 Å². The summed E-state index contributed by atoms with van der Waals surface area (Å²) < 4.78 is 1.02. The molecule has 2 aromatic carbocycles. The molecule has 0 aliphatic rings. The molecule has 0 aliphatic heterocycles. The summed E-state index contributed by atoms with van der Waals surface area (Å²) in [6.45, 7) is 0. The van der Waals surface area contributed by atoms with E-state index in [2.05, 4.69) is 26.1 Å². The molecule has 1 aromatic heterocycles. The third kappa shape index (κ3) is 4.07. The number of benzene rings is 2. The summed E-state index contributed by atoms with van der Waals surface area (Å²) in [6.07, 6.45) is 1.18. The van der Waals surface area contributed by atoms with Gasteiger partial charge >= 0.3 is 0 Å². The number of aryl methyl sites for hydroxylation is 1. The molecule has 4 nitrogen and oxygen atoms in total. The zero-order chi connectivity index (χ0) is 16.9. The lowest BCUT2D eigenvalue weighted by Crippen LogP contribution is -2.26. The van der Waals surface area contributed by atoms with E-state index in [4.69, 9.17) is 0 Å². The van der Waals surface area contributed by atoms with Crippen molar-refractivity contribution in [3.05, 3.63) is 64.6 Å². The maximum Gasteiger partial charge on any atom is 0.228 e. The van der Waals surface area contributed by atoms with E-state index in [1.807, 2.05) is 54.6 Å². The standard InChI is InChI=1S/C18H16BrN3OS/c1-22(16(23)12-7-13-5-3-2-4-6-13)18-21-20-17(24-18)14-8-10-15(19)11-9-14/h2-6,8-11H,7,12H2,1H3. The monoisotopic (exact) mass is 401 g/mol. The molecule has 0 spiro atoms. The van der Waals surface area contributed by atoms with Gasteiger partial charge in [0.05, 0.1) is 0 Å². The van der Waals surface area contributed by atoms with Crippen LogP contribution in [0.4, 0.5) is 5.13 Å². The number of rotatable bonds is 5. The van der Waals surface area contributed by atoms with Crippen LogP contribution in [0.2, 0.25) is 0 Å². The second kappa shape index (κ2) is 7.68. The quantitative estimate of drug-likeness (QED) is 0.629. The molecule has 1 amide bonds. The van der Waals surface area contributed by atoms with E-state index in [0.29, 0.717) is 11.6 Å². The smallest absolute Gasteiger partial charge is 0.228 e. The van der Waals surface area contributed by atoms with Crippen molar-refractivity contribution in [2.24, 2.45) is 0 Å². The van der Waals surface area contributed by atoms with Crippen molar-refractivity contribution in [1.82, 2.24) is 10.2 Å². The van der Waals surface area contributed by atoms with Crippen LogP contribution >= 0.6 is 27.3 Å². The van der Waals surface area contributed by atoms with Crippen LogP contribution in [0.3, 0.4) is 0 Å². The van der Waals surface area contributed by atoms with Gasteiger partial charge in [-0.1, -0.05) is 69.7 Å². The lowest BCUT2D eigenvalue weighted by molar-refractivity contribution is -0.118. The minimum atomic E-state index is 0.0392. The SMILES string of the molecule is CN(C(=O)CCc1ccccc1)c1nnc(-c2ccc(Br)cc2)s1. The van der Waals surface area contributed by atoms with Gasteiger partial charge in [0.25, 0.3) is 0 Å². The lowest BCUT2D eigenvalue weighted by Gasteiger charge is -2.12. The molecule has 3 aromatic rings. The van der Waals surface area contributed by atoms with Crippen LogP contribution in [0.15, 0.2) is 59.1 Å². The van der Waals surface area contributed by atoms with Crippen LogP contribution in [-0.2, 0) is 11.2 Å². The van der Waals surface area contributed by atoms with Gasteiger partial charge in [0.2, 0.25) is 11.0 Å². The molecule has 0 N–H and O–H groups in total. The molecule has 0 aliphatic carbocycles. The second-order valence-electron chi connectivity index (χ2n) is 5.34. The summed E-state index contributed by atoms with van der Waals surface area (Å²) in [5.74, 6) is 0.0392. The predicted octanol–water partition coefficient (Wildman–Crippen LogP) is 4.56. The topological polar surface area (TPSA) is 46.1 Å². The Morgan fingerprint density at radius 2 is 1.79 bits per heavy atom. The number of amides is 1. The van der Waals surface area contributed by atoms with Crippen LogP contribution in [0.25, 0.3) is 10.6 Å². The molecule has 0 fully saturated rings. The highest BCUT2D eigenvalue weighted by Crippen LogP contribution is 2.29. The van der Waals surface area contributed by atoms with Crippen LogP contribution in [0.5, 0.6) is 0 Å². The largest absolute Gasteiger partial charge is 0.290 e. The third-order valence-corrected chi connectivity index (χ3v) is 5.21. The first-order chi connectivity index (χ1) is 11.6. The maximum absolute atomic E-state index is 12.4. The van der Waals surface area contributed by atoms with E-state index in [1.165, 1.54) is 11.3 Å². The Bertz CT molecular complexity index is 818. The molecule has 24 heavy (non-hydrogen) atoms. The summed E-state index contributed by atoms with van der Waals surface area (Å²) in [6, 6.07) is 17.9. The summed E-state index contributed by atoms with van der Waals surface area (Å²) in [5, 5.41) is 9.77. The van der Waals surface area contributed by atoms with Gasteiger partial charge in [0.1, 0.15) is 5.01 Å². The molecule has 0 bridgehead atoms. The Morgan fingerprint density at radius 1 is 1.08 bits per heavy atom. The molecular weight excluding hydrogens is 386 g/mol. The van der Waals surface area contributed by atoms with Gasteiger partial charge in [-0.15, -0.1) is 10.2 Å². The van der Waals surface area contributed by atoms with Gasteiger partial charge in [-0.2, -0.15) is 0 Å². The van der Waals surface area contributed by atoms with Gasteiger partial charge < -0.3 is 0 Å². The molecule has 0 unspecified atom stereocenters. The van der Waals surface area contributed by atoms with Crippen molar-refractivity contribution in [3.63, 3.8) is 0 Å². The minimum absolute atomic E-state index is 0.0392. The predicted molar refractivity (Wildman–Crippen MR) is 101 cm³/mol. The Hall–Kier alpha value is -2.05. The van der Waals surface area contributed by atoms with Crippen LogP contribution < -0.4 is 4.90 Å². The van der Waals surface area contributed by atoms with E-state index >= 15 is 0 Å². The lowest BCUT2D eigenvalue weighted by atomic mass is 10.1. The van der Waals surface area contributed by atoms with Crippen molar-refractivity contribution < 1.29 is 4.79 Å². The van der Waals surface area contributed by atoms with Gasteiger partial charge in [-0.25, -0.2) is 0 Å². The number of aromatic nitrogens is 2. The Morgan fingerprint density at radius 3 is 2.50 bits per heavy atom. The Labute approximate surface area is 153 Å².